The van der Waals surface area contributed by atoms with E-state index in [0.717, 1.165) is 16.7 Å². The lowest BCUT2D eigenvalue weighted by Gasteiger charge is -2.16. The summed E-state index contributed by atoms with van der Waals surface area (Å²) in [6.07, 6.45) is 0.00304. The average molecular weight is 251 g/mol. The molecule has 1 unspecified atom stereocenters. The van der Waals surface area contributed by atoms with E-state index in [9.17, 15) is 9.90 Å². The quantitative estimate of drug-likeness (QED) is 0.840. The number of amides is 1. The third kappa shape index (κ3) is 3.47. The Bertz CT molecular complexity index is 429. The lowest BCUT2D eigenvalue weighted by molar-refractivity contribution is -0.121. The van der Waals surface area contributed by atoms with Gasteiger partial charge in [-0.3, -0.25) is 4.79 Å². The molecule has 0 aliphatic carbocycles. The zero-order valence-electron chi connectivity index (χ0n) is 11.4. The Labute approximate surface area is 108 Å². The number of aliphatic hydroxyl groups excluding tert-OH is 1. The number of hydrogen-bond donors (Lipinski definition) is 2. The van der Waals surface area contributed by atoms with E-state index in [4.69, 9.17) is 4.74 Å². The van der Waals surface area contributed by atoms with Crippen molar-refractivity contribution in [1.82, 2.24) is 5.32 Å². The van der Waals surface area contributed by atoms with Crippen LogP contribution in [0.15, 0.2) is 12.1 Å². The Balaban J connectivity index is 2.87. The maximum Gasteiger partial charge on any atom is 0.219 e. The Morgan fingerprint density at radius 3 is 2.56 bits per heavy atom. The average Bonchev–Trinajstić information content (AvgIpc) is 2.37. The summed E-state index contributed by atoms with van der Waals surface area (Å²) >= 11 is 0. The standard InChI is InChI=1S/C14H21NO3/c1-9-7-11(13(18-4)8-10(9)2)12(16)5-6-14(17)15-3/h7-8,12,16H,5-6H2,1-4H3,(H,15,17). The first-order valence-corrected chi connectivity index (χ1v) is 6.03. The minimum absolute atomic E-state index is 0.0724. The fourth-order valence-corrected chi connectivity index (χ4v) is 1.80. The number of carbonyl (C=O) groups excluding carboxylic acids is 1. The number of nitrogens with one attached hydrogen (secondary N) is 1. The Morgan fingerprint density at radius 1 is 1.39 bits per heavy atom. The summed E-state index contributed by atoms with van der Waals surface area (Å²) < 4.78 is 5.27. The van der Waals surface area contributed by atoms with Gasteiger partial charge in [0.1, 0.15) is 5.75 Å². The molecule has 0 saturated heterocycles. The minimum atomic E-state index is -0.684. The molecule has 0 radical (unpaired) electrons. The molecular weight excluding hydrogens is 230 g/mol. The van der Waals surface area contributed by atoms with Gasteiger partial charge in [-0.1, -0.05) is 0 Å². The van der Waals surface area contributed by atoms with E-state index >= 15 is 0 Å². The zero-order chi connectivity index (χ0) is 13.7. The molecule has 1 aromatic carbocycles. The van der Waals surface area contributed by atoms with Gasteiger partial charge in [0, 0.05) is 19.0 Å². The highest BCUT2D eigenvalue weighted by atomic mass is 16.5. The van der Waals surface area contributed by atoms with Crippen molar-refractivity contribution in [1.29, 1.82) is 0 Å². The summed E-state index contributed by atoms with van der Waals surface area (Å²) in [4.78, 5) is 11.2. The fourth-order valence-electron chi connectivity index (χ4n) is 1.80. The SMILES string of the molecule is CNC(=O)CCC(O)c1cc(C)c(C)cc1OC. The molecule has 1 atom stereocenters. The van der Waals surface area contributed by atoms with E-state index in [1.54, 1.807) is 14.2 Å². The van der Waals surface area contributed by atoms with Gasteiger partial charge in [-0.15, -0.1) is 0 Å². The van der Waals surface area contributed by atoms with Gasteiger partial charge < -0.3 is 15.2 Å². The monoisotopic (exact) mass is 251 g/mol. The number of carbonyl (C=O) groups is 1. The second-order valence-corrected chi connectivity index (χ2v) is 4.41. The Kier molecular flexibility index (Phi) is 5.16. The van der Waals surface area contributed by atoms with Gasteiger partial charge in [-0.05, 0) is 43.5 Å². The molecule has 0 fully saturated rings. The fraction of sp³-hybridized carbons (Fsp3) is 0.500. The van der Waals surface area contributed by atoms with Crippen LogP contribution in [0.25, 0.3) is 0 Å². The zero-order valence-corrected chi connectivity index (χ0v) is 11.4. The molecule has 0 saturated carbocycles. The van der Waals surface area contributed by atoms with Gasteiger partial charge in [-0.25, -0.2) is 0 Å². The summed E-state index contributed by atoms with van der Waals surface area (Å²) in [5.74, 6) is 0.597. The molecule has 1 amide bonds. The minimum Gasteiger partial charge on any atom is -0.496 e. The lowest BCUT2D eigenvalue weighted by atomic mass is 9.98. The van der Waals surface area contributed by atoms with Gasteiger partial charge in [0.25, 0.3) is 0 Å². The van der Waals surface area contributed by atoms with E-state index in [0.29, 0.717) is 18.6 Å². The number of ether oxygens (including phenoxy) is 1. The van der Waals surface area contributed by atoms with Crippen LogP contribution in [0.4, 0.5) is 0 Å². The normalized spacial score (nSPS) is 12.1. The third-order valence-electron chi connectivity index (χ3n) is 3.13. The van der Waals surface area contributed by atoms with E-state index in [2.05, 4.69) is 5.32 Å². The molecule has 0 bridgehead atoms. The van der Waals surface area contributed by atoms with Gasteiger partial charge in [0.2, 0.25) is 5.91 Å². The molecule has 0 aliphatic heterocycles. The molecule has 1 aromatic rings. The van der Waals surface area contributed by atoms with E-state index < -0.39 is 6.10 Å². The van der Waals surface area contributed by atoms with Crippen molar-refractivity contribution in [3.8, 4) is 5.75 Å². The van der Waals surface area contributed by atoms with Gasteiger partial charge >= 0.3 is 0 Å². The number of benzene rings is 1. The highest BCUT2D eigenvalue weighted by Crippen LogP contribution is 2.30. The highest BCUT2D eigenvalue weighted by molar-refractivity contribution is 5.75. The molecular formula is C14H21NO3. The van der Waals surface area contributed by atoms with Crippen LogP contribution in [0.5, 0.6) is 5.75 Å². The number of aliphatic hydroxyl groups is 1. The Morgan fingerprint density at radius 2 is 2.00 bits per heavy atom. The van der Waals surface area contributed by atoms with Crippen LogP contribution in [0.2, 0.25) is 0 Å². The molecule has 0 aliphatic rings. The maximum absolute atomic E-state index is 11.2. The topological polar surface area (TPSA) is 58.6 Å². The van der Waals surface area contributed by atoms with Crippen molar-refractivity contribution < 1.29 is 14.6 Å². The van der Waals surface area contributed by atoms with Crippen molar-refractivity contribution >= 4 is 5.91 Å². The maximum atomic E-state index is 11.2. The van der Waals surface area contributed by atoms with E-state index in [-0.39, 0.29) is 5.91 Å². The van der Waals surface area contributed by atoms with Crippen molar-refractivity contribution in [3.05, 3.63) is 28.8 Å². The van der Waals surface area contributed by atoms with E-state index in [1.165, 1.54) is 0 Å². The third-order valence-corrected chi connectivity index (χ3v) is 3.13. The summed E-state index contributed by atoms with van der Waals surface area (Å²) in [5, 5.41) is 12.7. The van der Waals surface area contributed by atoms with Gasteiger partial charge in [-0.2, -0.15) is 0 Å². The molecule has 2 N–H and O–H groups in total. The first-order chi connectivity index (χ1) is 8.49. The molecule has 100 valence electrons. The van der Waals surface area contributed by atoms with Crippen LogP contribution in [0.3, 0.4) is 0 Å². The van der Waals surface area contributed by atoms with Crippen LogP contribution < -0.4 is 10.1 Å². The van der Waals surface area contributed by atoms with Crippen LogP contribution in [-0.4, -0.2) is 25.2 Å². The number of hydrogen-bond acceptors (Lipinski definition) is 3. The van der Waals surface area contributed by atoms with Crippen LogP contribution in [-0.2, 0) is 4.79 Å². The van der Waals surface area contributed by atoms with Crippen LogP contribution in [0, 0.1) is 13.8 Å². The van der Waals surface area contributed by atoms with E-state index in [1.807, 2.05) is 26.0 Å². The largest absolute Gasteiger partial charge is 0.496 e. The summed E-state index contributed by atoms with van der Waals surface area (Å²) in [7, 11) is 3.17. The van der Waals surface area contributed by atoms with Crippen molar-refractivity contribution in [2.45, 2.75) is 32.8 Å². The van der Waals surface area contributed by atoms with Crippen molar-refractivity contribution in [2.24, 2.45) is 0 Å². The summed E-state index contributed by atoms with van der Waals surface area (Å²) in [5.41, 5.74) is 2.96. The van der Waals surface area contributed by atoms with Crippen LogP contribution >= 0.6 is 0 Å². The van der Waals surface area contributed by atoms with Gasteiger partial charge in [0.15, 0.2) is 0 Å². The van der Waals surface area contributed by atoms with Crippen molar-refractivity contribution in [3.63, 3.8) is 0 Å². The summed E-state index contributed by atoms with van der Waals surface area (Å²) in [6, 6.07) is 3.83. The highest BCUT2D eigenvalue weighted by Gasteiger charge is 2.15. The first kappa shape index (κ1) is 14.5. The first-order valence-electron chi connectivity index (χ1n) is 6.03. The molecule has 18 heavy (non-hydrogen) atoms. The lowest BCUT2D eigenvalue weighted by Crippen LogP contribution is -2.18. The predicted octanol–water partition coefficient (Wildman–Crippen LogP) is 1.87. The molecule has 1 rings (SSSR count). The second kappa shape index (κ2) is 6.40. The number of aryl methyl sites for hydroxylation is 2. The Hall–Kier alpha value is -1.55. The predicted molar refractivity (Wildman–Crippen MR) is 70.7 cm³/mol. The smallest absolute Gasteiger partial charge is 0.219 e. The van der Waals surface area contributed by atoms with Crippen molar-refractivity contribution in [2.75, 3.05) is 14.2 Å². The molecule has 0 aromatic heterocycles. The van der Waals surface area contributed by atoms with Crippen LogP contribution in [0.1, 0.15) is 35.6 Å². The number of methoxy groups -OCH3 is 1. The van der Waals surface area contributed by atoms with Gasteiger partial charge in [0.05, 0.1) is 13.2 Å². The molecule has 4 nitrogen and oxygen atoms in total. The molecule has 0 heterocycles. The number of rotatable bonds is 5. The second-order valence-electron chi connectivity index (χ2n) is 4.41. The summed E-state index contributed by atoms with van der Waals surface area (Å²) in [6.45, 7) is 3.99. The molecule has 0 spiro atoms. The molecule has 4 heteroatoms.